The molecule has 176 valence electrons. The Hall–Kier alpha value is -3.14. The number of thioether (sulfide) groups is 1. The van der Waals surface area contributed by atoms with Crippen LogP contribution in [0.1, 0.15) is 11.1 Å². The average Bonchev–Trinajstić information content (AvgIpc) is 3.33. The van der Waals surface area contributed by atoms with Gasteiger partial charge in [-0.1, -0.05) is 59.8 Å². The molecule has 0 atom stereocenters. The van der Waals surface area contributed by atoms with E-state index in [0.717, 1.165) is 22.2 Å². The standard InChI is InChI=1S/C24H23ClFN5O2S/c1-32-22-12-5-7-17(23(22)33-16-19-20(25)10-6-11-21(19)26)15-27-13-14-34-24-28-29-30-31(24)18-8-3-2-4-9-18/h2-12,27H,13-16H2,1H3. The Balaban J connectivity index is 1.34. The minimum absolute atomic E-state index is 0.00310. The van der Waals surface area contributed by atoms with E-state index in [2.05, 4.69) is 20.8 Å². The van der Waals surface area contributed by atoms with Crippen molar-refractivity contribution in [2.45, 2.75) is 18.3 Å². The Kier molecular flexibility index (Phi) is 8.35. The number of tetrazole rings is 1. The van der Waals surface area contributed by atoms with E-state index < -0.39 is 5.82 Å². The molecule has 4 aromatic rings. The SMILES string of the molecule is COc1cccc(CNCCSc2nnnn2-c2ccccc2)c1OCc1c(F)cccc1Cl. The monoisotopic (exact) mass is 499 g/mol. The van der Waals surface area contributed by atoms with Crippen molar-refractivity contribution >= 4 is 23.4 Å². The first-order chi connectivity index (χ1) is 16.7. The molecule has 1 N–H and O–H groups in total. The number of nitrogens with one attached hydrogen (secondary N) is 1. The van der Waals surface area contributed by atoms with Crippen molar-refractivity contribution in [1.82, 2.24) is 25.5 Å². The minimum Gasteiger partial charge on any atom is -0.493 e. The zero-order valence-corrected chi connectivity index (χ0v) is 20.0. The van der Waals surface area contributed by atoms with Crippen LogP contribution in [0.25, 0.3) is 5.69 Å². The molecule has 0 aliphatic carbocycles. The van der Waals surface area contributed by atoms with Crippen molar-refractivity contribution in [3.63, 3.8) is 0 Å². The lowest BCUT2D eigenvalue weighted by Gasteiger charge is -2.16. The Morgan fingerprint density at radius 2 is 1.88 bits per heavy atom. The normalized spacial score (nSPS) is 10.9. The van der Waals surface area contributed by atoms with E-state index >= 15 is 0 Å². The van der Waals surface area contributed by atoms with E-state index in [-0.39, 0.29) is 6.61 Å². The third-order valence-electron chi connectivity index (χ3n) is 4.97. The molecule has 34 heavy (non-hydrogen) atoms. The van der Waals surface area contributed by atoms with E-state index in [1.54, 1.807) is 41.8 Å². The molecule has 0 aliphatic heterocycles. The highest BCUT2D eigenvalue weighted by atomic mass is 35.5. The Labute approximate surface area is 206 Å². The van der Waals surface area contributed by atoms with Gasteiger partial charge in [0.2, 0.25) is 5.16 Å². The topological polar surface area (TPSA) is 74.1 Å². The number of rotatable bonds is 11. The number of ether oxygens (including phenoxy) is 2. The Morgan fingerprint density at radius 1 is 1.06 bits per heavy atom. The quantitative estimate of drug-likeness (QED) is 0.232. The van der Waals surface area contributed by atoms with Gasteiger partial charge in [-0.3, -0.25) is 0 Å². The molecule has 1 heterocycles. The van der Waals surface area contributed by atoms with E-state index in [0.29, 0.717) is 35.2 Å². The molecule has 0 bridgehead atoms. The molecule has 10 heteroatoms. The fraction of sp³-hybridized carbons (Fsp3) is 0.208. The highest BCUT2D eigenvalue weighted by Crippen LogP contribution is 2.33. The number of methoxy groups -OCH3 is 1. The molecule has 0 spiro atoms. The van der Waals surface area contributed by atoms with E-state index in [9.17, 15) is 4.39 Å². The summed E-state index contributed by atoms with van der Waals surface area (Å²) in [6.07, 6.45) is 0. The fourth-order valence-corrected chi connectivity index (χ4v) is 4.28. The van der Waals surface area contributed by atoms with E-state index in [1.165, 1.54) is 6.07 Å². The first-order valence-electron chi connectivity index (χ1n) is 10.6. The first-order valence-corrected chi connectivity index (χ1v) is 11.9. The van der Waals surface area contributed by atoms with Crippen LogP contribution in [0.2, 0.25) is 5.02 Å². The van der Waals surface area contributed by atoms with Crippen LogP contribution in [0.5, 0.6) is 11.5 Å². The summed E-state index contributed by atoms with van der Waals surface area (Å²) in [6, 6.07) is 20.0. The zero-order chi connectivity index (χ0) is 23.8. The Bertz CT molecular complexity index is 1200. The second kappa shape index (κ2) is 11.8. The van der Waals surface area contributed by atoms with Gasteiger partial charge in [0.05, 0.1) is 17.8 Å². The fourth-order valence-electron chi connectivity index (χ4n) is 3.28. The molecule has 0 radical (unpaired) electrons. The second-order valence-corrected chi connectivity index (χ2v) is 8.64. The van der Waals surface area contributed by atoms with Crippen LogP contribution in [0.4, 0.5) is 4.39 Å². The van der Waals surface area contributed by atoms with Crippen LogP contribution < -0.4 is 14.8 Å². The van der Waals surface area contributed by atoms with Crippen molar-refractivity contribution in [3.05, 3.63) is 88.7 Å². The maximum Gasteiger partial charge on any atom is 0.214 e. The average molecular weight is 500 g/mol. The van der Waals surface area contributed by atoms with Crippen LogP contribution in [0.15, 0.2) is 71.9 Å². The van der Waals surface area contributed by atoms with E-state index in [4.69, 9.17) is 21.1 Å². The van der Waals surface area contributed by atoms with Crippen LogP contribution in [-0.2, 0) is 13.2 Å². The summed E-state index contributed by atoms with van der Waals surface area (Å²) in [5.41, 5.74) is 2.11. The lowest BCUT2D eigenvalue weighted by molar-refractivity contribution is 0.276. The minimum atomic E-state index is -0.406. The van der Waals surface area contributed by atoms with Gasteiger partial charge < -0.3 is 14.8 Å². The first kappa shape index (κ1) is 24.0. The summed E-state index contributed by atoms with van der Waals surface area (Å²) >= 11 is 7.70. The van der Waals surface area contributed by atoms with Gasteiger partial charge in [-0.2, -0.15) is 4.68 Å². The number of benzene rings is 3. The molecule has 3 aromatic carbocycles. The summed E-state index contributed by atoms with van der Waals surface area (Å²) in [5, 5.41) is 16.4. The van der Waals surface area contributed by atoms with Crippen LogP contribution in [-0.4, -0.2) is 39.6 Å². The summed E-state index contributed by atoms with van der Waals surface area (Å²) in [4.78, 5) is 0. The molecule has 4 rings (SSSR count). The molecule has 0 aliphatic rings. The zero-order valence-electron chi connectivity index (χ0n) is 18.4. The molecule has 0 saturated heterocycles. The van der Waals surface area contributed by atoms with Crippen molar-refractivity contribution in [3.8, 4) is 17.2 Å². The Morgan fingerprint density at radius 3 is 2.68 bits per heavy atom. The number of halogens is 2. The van der Waals surface area contributed by atoms with Gasteiger partial charge in [0.15, 0.2) is 11.5 Å². The summed E-state index contributed by atoms with van der Waals surface area (Å²) < 4.78 is 27.3. The maximum absolute atomic E-state index is 14.2. The van der Waals surface area contributed by atoms with Gasteiger partial charge in [-0.25, -0.2) is 4.39 Å². The molecular weight excluding hydrogens is 477 g/mol. The lowest BCUT2D eigenvalue weighted by atomic mass is 10.1. The maximum atomic E-state index is 14.2. The summed E-state index contributed by atoms with van der Waals surface area (Å²) in [7, 11) is 1.57. The number of para-hydroxylation sites is 2. The molecule has 7 nitrogen and oxygen atoms in total. The van der Waals surface area contributed by atoms with Crippen LogP contribution in [0.3, 0.4) is 0 Å². The highest BCUT2D eigenvalue weighted by molar-refractivity contribution is 7.99. The molecular formula is C24H23ClFN5O2S. The van der Waals surface area contributed by atoms with Gasteiger partial charge in [-0.15, -0.1) is 5.10 Å². The third kappa shape index (κ3) is 5.85. The smallest absolute Gasteiger partial charge is 0.214 e. The van der Waals surface area contributed by atoms with Gasteiger partial charge in [0, 0.05) is 30.0 Å². The van der Waals surface area contributed by atoms with Crippen molar-refractivity contribution in [2.75, 3.05) is 19.4 Å². The predicted molar refractivity (Wildman–Crippen MR) is 130 cm³/mol. The van der Waals surface area contributed by atoms with Gasteiger partial charge in [0.25, 0.3) is 0 Å². The summed E-state index contributed by atoms with van der Waals surface area (Å²) in [5.74, 6) is 1.48. The molecule has 1 aromatic heterocycles. The number of nitrogens with zero attached hydrogens (tertiary/aromatic N) is 4. The second-order valence-electron chi connectivity index (χ2n) is 7.17. The van der Waals surface area contributed by atoms with Crippen LogP contribution in [0, 0.1) is 5.82 Å². The van der Waals surface area contributed by atoms with Gasteiger partial charge in [0.1, 0.15) is 12.4 Å². The largest absolute Gasteiger partial charge is 0.493 e. The number of hydrogen-bond donors (Lipinski definition) is 1. The predicted octanol–water partition coefficient (Wildman–Crippen LogP) is 4.92. The van der Waals surface area contributed by atoms with Crippen molar-refractivity contribution in [2.24, 2.45) is 0 Å². The molecule has 0 amide bonds. The highest BCUT2D eigenvalue weighted by Gasteiger charge is 2.14. The number of aromatic nitrogens is 4. The summed E-state index contributed by atoms with van der Waals surface area (Å²) in [6.45, 7) is 1.25. The molecule has 0 unspecified atom stereocenters. The third-order valence-corrected chi connectivity index (χ3v) is 6.25. The lowest BCUT2D eigenvalue weighted by Crippen LogP contribution is -2.17. The molecule has 0 saturated carbocycles. The van der Waals surface area contributed by atoms with Gasteiger partial charge >= 0.3 is 0 Å². The van der Waals surface area contributed by atoms with Crippen molar-refractivity contribution < 1.29 is 13.9 Å². The van der Waals surface area contributed by atoms with Crippen molar-refractivity contribution in [1.29, 1.82) is 0 Å². The number of hydrogen-bond acceptors (Lipinski definition) is 7. The van der Waals surface area contributed by atoms with Gasteiger partial charge in [-0.05, 0) is 40.8 Å². The van der Waals surface area contributed by atoms with Crippen LogP contribution >= 0.6 is 23.4 Å². The molecule has 0 fully saturated rings. The van der Waals surface area contributed by atoms with E-state index in [1.807, 2.05) is 42.5 Å².